The first-order chi connectivity index (χ1) is 8.25. The van der Waals surface area contributed by atoms with Crippen molar-refractivity contribution in [3.63, 3.8) is 0 Å². The zero-order valence-electron chi connectivity index (χ0n) is 9.43. The van der Waals surface area contributed by atoms with Gasteiger partial charge in [-0.2, -0.15) is 0 Å². The number of thiophene rings is 1. The number of fused-ring (bicyclic) bond motifs is 1. The molecule has 17 heavy (non-hydrogen) atoms. The highest BCUT2D eigenvalue weighted by atomic mass is 32.1. The summed E-state index contributed by atoms with van der Waals surface area (Å²) in [4.78, 5) is 16.0. The summed E-state index contributed by atoms with van der Waals surface area (Å²) < 4.78 is 1.79. The molecule has 1 aromatic carbocycles. The summed E-state index contributed by atoms with van der Waals surface area (Å²) in [6, 6.07) is 10.0. The second-order valence-corrected chi connectivity index (χ2v) is 5.10. The lowest BCUT2D eigenvalue weighted by molar-refractivity contribution is 0.798. The summed E-state index contributed by atoms with van der Waals surface area (Å²) in [5.74, 6) is 0. The Morgan fingerprint density at radius 2 is 2.18 bits per heavy atom. The molecule has 86 valence electrons. The molecule has 0 saturated carbocycles. The average Bonchev–Trinajstić information content (AvgIpc) is 2.91. The van der Waals surface area contributed by atoms with Gasteiger partial charge in [-0.25, -0.2) is 4.79 Å². The summed E-state index contributed by atoms with van der Waals surface area (Å²) >= 11 is 1.67. The molecule has 0 fully saturated rings. The summed E-state index contributed by atoms with van der Waals surface area (Å²) in [7, 11) is 0. The van der Waals surface area contributed by atoms with Crippen LogP contribution in [0.15, 0.2) is 40.5 Å². The molecule has 0 amide bonds. The number of imidazole rings is 1. The van der Waals surface area contributed by atoms with Crippen molar-refractivity contribution in [1.82, 2.24) is 9.55 Å². The Balaban J connectivity index is 2.19. The molecule has 0 radical (unpaired) electrons. The Hall–Kier alpha value is -1.81. The van der Waals surface area contributed by atoms with Gasteiger partial charge in [-0.3, -0.25) is 4.57 Å². The summed E-state index contributed by atoms with van der Waals surface area (Å²) in [6.07, 6.45) is 0. The van der Waals surface area contributed by atoms with Gasteiger partial charge in [-0.15, -0.1) is 11.3 Å². The second kappa shape index (κ2) is 3.89. The van der Waals surface area contributed by atoms with Crippen LogP contribution < -0.4 is 5.69 Å². The van der Waals surface area contributed by atoms with Gasteiger partial charge in [0.25, 0.3) is 0 Å². The van der Waals surface area contributed by atoms with Crippen LogP contribution >= 0.6 is 11.3 Å². The number of para-hydroxylation sites is 1. The van der Waals surface area contributed by atoms with Gasteiger partial charge >= 0.3 is 5.69 Å². The maximum absolute atomic E-state index is 11.9. The Morgan fingerprint density at radius 1 is 1.29 bits per heavy atom. The van der Waals surface area contributed by atoms with Crippen molar-refractivity contribution in [3.05, 3.63) is 56.6 Å². The number of rotatable bonds is 2. The fraction of sp³-hybridized carbons (Fsp3) is 0.154. The van der Waals surface area contributed by atoms with Crippen LogP contribution in [0.1, 0.15) is 10.4 Å². The summed E-state index contributed by atoms with van der Waals surface area (Å²) in [5, 5.41) is 2.03. The zero-order valence-corrected chi connectivity index (χ0v) is 10.3. The molecule has 0 aliphatic carbocycles. The molecule has 0 atom stereocenters. The van der Waals surface area contributed by atoms with E-state index in [9.17, 15) is 4.79 Å². The van der Waals surface area contributed by atoms with Gasteiger partial charge < -0.3 is 4.98 Å². The molecule has 0 aliphatic heterocycles. The highest BCUT2D eigenvalue weighted by molar-refractivity contribution is 7.09. The summed E-state index contributed by atoms with van der Waals surface area (Å²) in [6.45, 7) is 2.65. The van der Waals surface area contributed by atoms with Crippen molar-refractivity contribution in [1.29, 1.82) is 0 Å². The fourth-order valence-corrected chi connectivity index (χ4v) is 2.73. The van der Waals surface area contributed by atoms with E-state index in [0.717, 1.165) is 16.6 Å². The minimum Gasteiger partial charge on any atom is -0.305 e. The van der Waals surface area contributed by atoms with Crippen LogP contribution in [0.4, 0.5) is 0 Å². The monoisotopic (exact) mass is 244 g/mol. The molecular formula is C13H12N2OS. The molecule has 0 saturated heterocycles. The minimum absolute atomic E-state index is 0.0392. The van der Waals surface area contributed by atoms with E-state index in [1.807, 2.05) is 42.6 Å². The van der Waals surface area contributed by atoms with Crippen LogP contribution in [-0.2, 0) is 6.54 Å². The van der Waals surface area contributed by atoms with Crippen molar-refractivity contribution < 1.29 is 0 Å². The standard InChI is InChI=1S/C13H12N2OS/c1-9-4-2-6-11-12(9)14-13(16)15(11)8-10-5-3-7-17-10/h2-7H,8H2,1H3,(H,14,16). The number of benzene rings is 1. The van der Waals surface area contributed by atoms with Crippen LogP contribution in [0, 0.1) is 6.92 Å². The van der Waals surface area contributed by atoms with Crippen LogP contribution in [0.3, 0.4) is 0 Å². The SMILES string of the molecule is Cc1cccc2c1[nH]c(=O)n2Cc1cccs1. The molecule has 2 heterocycles. The van der Waals surface area contributed by atoms with E-state index in [0.29, 0.717) is 6.54 Å². The predicted octanol–water partition coefficient (Wildman–Crippen LogP) is 2.75. The fourth-order valence-electron chi connectivity index (χ4n) is 2.04. The average molecular weight is 244 g/mol. The number of aromatic amines is 1. The normalized spacial score (nSPS) is 11.1. The lowest BCUT2D eigenvalue weighted by Crippen LogP contribution is -2.16. The highest BCUT2D eigenvalue weighted by Crippen LogP contribution is 2.17. The van der Waals surface area contributed by atoms with Gasteiger partial charge in [0.05, 0.1) is 17.6 Å². The number of aryl methyl sites for hydroxylation is 1. The minimum atomic E-state index is -0.0392. The molecule has 3 nitrogen and oxygen atoms in total. The quantitative estimate of drug-likeness (QED) is 0.739. The predicted molar refractivity (Wildman–Crippen MR) is 70.7 cm³/mol. The maximum Gasteiger partial charge on any atom is 0.326 e. The zero-order chi connectivity index (χ0) is 11.8. The number of nitrogens with one attached hydrogen (secondary N) is 1. The number of H-pyrrole nitrogens is 1. The van der Waals surface area contributed by atoms with Crippen molar-refractivity contribution in [3.8, 4) is 0 Å². The first-order valence-corrected chi connectivity index (χ1v) is 6.34. The lowest BCUT2D eigenvalue weighted by atomic mass is 10.2. The van der Waals surface area contributed by atoms with Crippen LogP contribution in [0.5, 0.6) is 0 Å². The van der Waals surface area contributed by atoms with Crippen molar-refractivity contribution in [2.45, 2.75) is 13.5 Å². The first kappa shape index (κ1) is 10.4. The molecule has 3 rings (SSSR count). The van der Waals surface area contributed by atoms with E-state index in [4.69, 9.17) is 0 Å². The van der Waals surface area contributed by atoms with Crippen LogP contribution in [0.2, 0.25) is 0 Å². The number of hydrogen-bond acceptors (Lipinski definition) is 2. The number of hydrogen-bond donors (Lipinski definition) is 1. The molecule has 2 aromatic heterocycles. The van der Waals surface area contributed by atoms with E-state index in [1.54, 1.807) is 15.9 Å². The molecule has 4 heteroatoms. The van der Waals surface area contributed by atoms with Gasteiger partial charge in [0.15, 0.2) is 0 Å². The van der Waals surface area contributed by atoms with Gasteiger partial charge in [0.2, 0.25) is 0 Å². The lowest BCUT2D eigenvalue weighted by Gasteiger charge is -2.01. The second-order valence-electron chi connectivity index (χ2n) is 4.06. The van der Waals surface area contributed by atoms with E-state index < -0.39 is 0 Å². The molecule has 0 bridgehead atoms. The molecule has 0 unspecified atom stereocenters. The van der Waals surface area contributed by atoms with E-state index in [1.165, 1.54) is 4.88 Å². The number of nitrogens with zero attached hydrogens (tertiary/aromatic N) is 1. The largest absolute Gasteiger partial charge is 0.326 e. The van der Waals surface area contributed by atoms with Crippen molar-refractivity contribution in [2.24, 2.45) is 0 Å². The maximum atomic E-state index is 11.9. The van der Waals surface area contributed by atoms with Crippen molar-refractivity contribution >= 4 is 22.4 Å². The Morgan fingerprint density at radius 3 is 2.94 bits per heavy atom. The van der Waals surface area contributed by atoms with Gasteiger partial charge in [-0.05, 0) is 30.0 Å². The van der Waals surface area contributed by atoms with E-state index >= 15 is 0 Å². The summed E-state index contributed by atoms with van der Waals surface area (Å²) in [5.41, 5.74) is 2.98. The van der Waals surface area contributed by atoms with Crippen LogP contribution in [0.25, 0.3) is 11.0 Å². The molecule has 1 N–H and O–H groups in total. The third-order valence-corrected chi connectivity index (χ3v) is 3.77. The van der Waals surface area contributed by atoms with Gasteiger partial charge in [0.1, 0.15) is 0 Å². The smallest absolute Gasteiger partial charge is 0.305 e. The molecule has 3 aromatic rings. The van der Waals surface area contributed by atoms with E-state index in [-0.39, 0.29) is 5.69 Å². The van der Waals surface area contributed by atoms with Crippen molar-refractivity contribution in [2.75, 3.05) is 0 Å². The molecule has 0 spiro atoms. The molecular weight excluding hydrogens is 232 g/mol. The third kappa shape index (κ3) is 1.70. The highest BCUT2D eigenvalue weighted by Gasteiger charge is 2.08. The Labute approximate surface area is 102 Å². The third-order valence-electron chi connectivity index (χ3n) is 2.91. The van der Waals surface area contributed by atoms with Crippen LogP contribution in [-0.4, -0.2) is 9.55 Å². The van der Waals surface area contributed by atoms with E-state index in [2.05, 4.69) is 4.98 Å². The van der Waals surface area contributed by atoms with Gasteiger partial charge in [-0.1, -0.05) is 18.2 Å². The Bertz CT molecular complexity index is 707. The topological polar surface area (TPSA) is 37.8 Å². The Kier molecular flexibility index (Phi) is 2.37. The number of aromatic nitrogens is 2. The first-order valence-electron chi connectivity index (χ1n) is 5.46. The molecule has 0 aliphatic rings. The van der Waals surface area contributed by atoms with Gasteiger partial charge in [0, 0.05) is 4.88 Å².